The zero-order valence-electron chi connectivity index (χ0n) is 13.5. The molecule has 2 nitrogen and oxygen atoms in total. The summed E-state index contributed by atoms with van der Waals surface area (Å²) in [5, 5.41) is 0. The summed E-state index contributed by atoms with van der Waals surface area (Å²) in [5.41, 5.74) is 0. The summed E-state index contributed by atoms with van der Waals surface area (Å²) in [5.74, 6) is 3.68. The Morgan fingerprint density at radius 2 is 1.26 bits per heavy atom. The maximum absolute atomic E-state index is 5.37. The molecule has 0 bridgehead atoms. The average Bonchev–Trinajstić information content (AvgIpc) is 2.38. The van der Waals surface area contributed by atoms with E-state index in [9.17, 15) is 0 Å². The molecule has 0 saturated heterocycles. The number of rotatable bonds is 7. The molecule has 0 amide bonds. The molecule has 0 heterocycles. The van der Waals surface area contributed by atoms with Gasteiger partial charge < -0.3 is 9.47 Å². The lowest BCUT2D eigenvalue weighted by Gasteiger charge is -2.35. The second kappa shape index (κ2) is 9.77. The van der Waals surface area contributed by atoms with Crippen molar-refractivity contribution in [3.63, 3.8) is 0 Å². The normalized spacial score (nSPS) is 32.8. The molecule has 2 aliphatic carbocycles. The maximum Gasteiger partial charge on any atom is 0.0496 e. The lowest BCUT2D eigenvalue weighted by atomic mass is 9.73. The monoisotopic (exact) mass is 270 g/mol. The first kappa shape index (κ1) is 17.0. The third-order valence-corrected chi connectivity index (χ3v) is 4.97. The van der Waals surface area contributed by atoms with Gasteiger partial charge in [-0.05, 0) is 56.8 Å². The van der Waals surface area contributed by atoms with E-state index in [-0.39, 0.29) is 0 Å². The van der Waals surface area contributed by atoms with E-state index < -0.39 is 0 Å². The van der Waals surface area contributed by atoms with E-state index in [1.807, 2.05) is 0 Å². The van der Waals surface area contributed by atoms with Crippen molar-refractivity contribution in [3.8, 4) is 0 Å². The summed E-state index contributed by atoms with van der Waals surface area (Å²) in [7, 11) is 0. The van der Waals surface area contributed by atoms with E-state index in [0.29, 0.717) is 0 Å². The van der Waals surface area contributed by atoms with Crippen molar-refractivity contribution < 1.29 is 9.47 Å². The molecule has 19 heavy (non-hydrogen) atoms. The molecular weight excluding hydrogens is 236 g/mol. The fourth-order valence-electron chi connectivity index (χ4n) is 2.92. The minimum absolute atomic E-state index is 0.878. The van der Waals surface area contributed by atoms with Gasteiger partial charge in [0.15, 0.2) is 0 Å². The third-order valence-electron chi connectivity index (χ3n) is 4.97. The van der Waals surface area contributed by atoms with Gasteiger partial charge in [-0.2, -0.15) is 0 Å². The summed E-state index contributed by atoms with van der Waals surface area (Å²) in [6.07, 6.45) is 6.99. The van der Waals surface area contributed by atoms with Gasteiger partial charge in [0.05, 0.1) is 0 Å². The molecule has 0 spiro atoms. The molecule has 0 aromatic carbocycles. The van der Waals surface area contributed by atoms with Gasteiger partial charge in [0, 0.05) is 26.4 Å². The van der Waals surface area contributed by atoms with Crippen LogP contribution < -0.4 is 0 Å². The molecule has 4 atom stereocenters. The maximum atomic E-state index is 5.37. The molecule has 0 aliphatic heterocycles. The van der Waals surface area contributed by atoms with Gasteiger partial charge in [-0.25, -0.2) is 0 Å². The number of ether oxygens (including phenoxy) is 2. The van der Waals surface area contributed by atoms with Crippen LogP contribution in [-0.4, -0.2) is 26.4 Å². The van der Waals surface area contributed by atoms with E-state index >= 15 is 0 Å². The van der Waals surface area contributed by atoms with E-state index in [4.69, 9.17) is 9.47 Å². The van der Waals surface area contributed by atoms with Crippen molar-refractivity contribution >= 4 is 0 Å². The molecule has 2 saturated carbocycles. The Kier molecular flexibility index (Phi) is 8.72. The largest absolute Gasteiger partial charge is 0.381 e. The Morgan fingerprint density at radius 3 is 1.58 bits per heavy atom. The molecule has 4 unspecified atom stereocenters. The highest BCUT2D eigenvalue weighted by Gasteiger charge is 2.28. The highest BCUT2D eigenvalue weighted by atomic mass is 16.5. The fourth-order valence-corrected chi connectivity index (χ4v) is 2.92. The van der Waals surface area contributed by atoms with Crippen molar-refractivity contribution in [2.75, 3.05) is 26.4 Å². The fraction of sp³-hybridized carbons (Fsp3) is 1.00. The van der Waals surface area contributed by atoms with Gasteiger partial charge in [-0.3, -0.25) is 0 Å². The first-order chi connectivity index (χ1) is 9.22. The minimum atomic E-state index is 0.878. The van der Waals surface area contributed by atoms with Gasteiger partial charge in [-0.1, -0.05) is 26.7 Å². The van der Waals surface area contributed by atoms with Crippen LogP contribution in [0.4, 0.5) is 0 Å². The van der Waals surface area contributed by atoms with E-state index in [0.717, 1.165) is 50.1 Å². The highest BCUT2D eigenvalue weighted by Crippen LogP contribution is 2.36. The number of hydrogen-bond donors (Lipinski definition) is 0. The standard InChI is InChI=1S/C9H18O.C8H16O/c1-3-8-5-6-9(8)7-10-4-2;1-3-9-6-8-5-4-7(8)2/h8-9H,3-7H2,1-2H3;7-8H,3-6H2,1-2H3. The van der Waals surface area contributed by atoms with E-state index in [1.54, 1.807) is 0 Å². The van der Waals surface area contributed by atoms with Gasteiger partial charge in [0.2, 0.25) is 0 Å². The summed E-state index contributed by atoms with van der Waals surface area (Å²) in [6, 6.07) is 0. The lowest BCUT2D eigenvalue weighted by Crippen LogP contribution is -2.29. The molecule has 0 aromatic rings. The van der Waals surface area contributed by atoms with Crippen LogP contribution in [0.1, 0.15) is 59.8 Å². The van der Waals surface area contributed by atoms with Crippen molar-refractivity contribution in [3.05, 3.63) is 0 Å². The van der Waals surface area contributed by atoms with Crippen LogP contribution in [0.15, 0.2) is 0 Å². The topological polar surface area (TPSA) is 18.5 Å². The quantitative estimate of drug-likeness (QED) is 0.677. The zero-order chi connectivity index (χ0) is 14.1. The Balaban J connectivity index is 0.000000191. The second-order valence-electron chi connectivity index (χ2n) is 6.14. The van der Waals surface area contributed by atoms with Crippen LogP contribution in [0.25, 0.3) is 0 Å². The Hall–Kier alpha value is -0.0800. The lowest BCUT2D eigenvalue weighted by molar-refractivity contribution is 0.0362. The van der Waals surface area contributed by atoms with Crippen molar-refractivity contribution in [1.82, 2.24) is 0 Å². The van der Waals surface area contributed by atoms with Gasteiger partial charge >= 0.3 is 0 Å². The second-order valence-corrected chi connectivity index (χ2v) is 6.14. The predicted octanol–water partition coefficient (Wildman–Crippen LogP) is 4.53. The predicted molar refractivity (Wildman–Crippen MR) is 81.4 cm³/mol. The summed E-state index contributed by atoms with van der Waals surface area (Å²) in [4.78, 5) is 0. The summed E-state index contributed by atoms with van der Waals surface area (Å²) >= 11 is 0. The van der Waals surface area contributed by atoms with Crippen LogP contribution in [0.5, 0.6) is 0 Å². The SMILES string of the molecule is CCOCC1CCC1C.CCOCC1CCC1CC. The Bertz CT molecular complexity index is 215. The Morgan fingerprint density at radius 1 is 0.737 bits per heavy atom. The van der Waals surface area contributed by atoms with Gasteiger partial charge in [-0.15, -0.1) is 0 Å². The van der Waals surface area contributed by atoms with Crippen LogP contribution in [0, 0.1) is 23.7 Å². The molecule has 0 N–H and O–H groups in total. The van der Waals surface area contributed by atoms with Gasteiger partial charge in [0.25, 0.3) is 0 Å². The molecule has 2 heteroatoms. The summed E-state index contributed by atoms with van der Waals surface area (Å²) < 4.78 is 10.7. The van der Waals surface area contributed by atoms with Crippen LogP contribution in [0.2, 0.25) is 0 Å². The smallest absolute Gasteiger partial charge is 0.0496 e. The first-order valence-corrected chi connectivity index (χ1v) is 8.38. The summed E-state index contributed by atoms with van der Waals surface area (Å²) in [6.45, 7) is 12.5. The zero-order valence-corrected chi connectivity index (χ0v) is 13.5. The molecule has 0 aromatic heterocycles. The highest BCUT2D eigenvalue weighted by molar-refractivity contribution is 4.79. The third kappa shape index (κ3) is 5.83. The van der Waals surface area contributed by atoms with Crippen LogP contribution in [-0.2, 0) is 9.47 Å². The first-order valence-electron chi connectivity index (χ1n) is 8.38. The van der Waals surface area contributed by atoms with Crippen LogP contribution in [0.3, 0.4) is 0 Å². The van der Waals surface area contributed by atoms with Crippen molar-refractivity contribution in [1.29, 1.82) is 0 Å². The van der Waals surface area contributed by atoms with Crippen LogP contribution >= 0.6 is 0 Å². The molecule has 2 aliphatic rings. The van der Waals surface area contributed by atoms with Crippen molar-refractivity contribution in [2.24, 2.45) is 23.7 Å². The minimum Gasteiger partial charge on any atom is -0.381 e. The molecule has 2 fully saturated rings. The van der Waals surface area contributed by atoms with Crippen molar-refractivity contribution in [2.45, 2.75) is 59.8 Å². The molecule has 2 rings (SSSR count). The number of hydrogen-bond acceptors (Lipinski definition) is 2. The van der Waals surface area contributed by atoms with E-state index in [2.05, 4.69) is 27.7 Å². The molecular formula is C17H34O2. The average molecular weight is 270 g/mol. The van der Waals surface area contributed by atoms with E-state index in [1.165, 1.54) is 32.1 Å². The van der Waals surface area contributed by atoms with Gasteiger partial charge in [0.1, 0.15) is 0 Å². The molecule has 114 valence electrons. The molecule has 0 radical (unpaired) electrons. The Labute approximate surface area is 120 Å².